The van der Waals surface area contributed by atoms with E-state index >= 15 is 0 Å². The Morgan fingerprint density at radius 1 is 1.00 bits per heavy atom. The highest BCUT2D eigenvalue weighted by molar-refractivity contribution is 6.17. The van der Waals surface area contributed by atoms with Crippen molar-refractivity contribution in [2.75, 3.05) is 0 Å². The van der Waals surface area contributed by atoms with Crippen molar-refractivity contribution in [3.63, 3.8) is 0 Å². The zero-order chi connectivity index (χ0) is 9.80. The summed E-state index contributed by atoms with van der Waals surface area (Å²) in [4.78, 5) is 8.51. The molecule has 0 fully saturated rings. The minimum absolute atomic E-state index is 0.458. The summed E-state index contributed by atoms with van der Waals surface area (Å²) < 4.78 is 0. The second kappa shape index (κ2) is 4.20. The Bertz CT molecular complexity index is 415. The van der Waals surface area contributed by atoms with Gasteiger partial charge in [-0.15, -0.1) is 11.6 Å². The molecule has 14 heavy (non-hydrogen) atoms. The van der Waals surface area contributed by atoms with Gasteiger partial charge in [0, 0.05) is 18.3 Å². The molecule has 2 nitrogen and oxygen atoms in total. The molecule has 0 aliphatic carbocycles. The molecular formula is C11H9ClN2. The Balaban J connectivity index is 2.51. The van der Waals surface area contributed by atoms with Crippen LogP contribution in [0.25, 0.3) is 11.4 Å². The van der Waals surface area contributed by atoms with Gasteiger partial charge in [0.15, 0.2) is 0 Å². The molecule has 0 atom stereocenters. The van der Waals surface area contributed by atoms with Crippen molar-refractivity contribution in [1.29, 1.82) is 0 Å². The van der Waals surface area contributed by atoms with Crippen LogP contribution in [0.3, 0.4) is 0 Å². The van der Waals surface area contributed by atoms with Gasteiger partial charge >= 0.3 is 0 Å². The van der Waals surface area contributed by atoms with E-state index in [1.807, 2.05) is 30.3 Å². The molecule has 0 bridgehead atoms. The summed E-state index contributed by atoms with van der Waals surface area (Å²) in [5, 5.41) is 0. The Morgan fingerprint density at radius 3 is 2.57 bits per heavy atom. The average molecular weight is 205 g/mol. The van der Waals surface area contributed by atoms with Gasteiger partial charge in [-0.2, -0.15) is 0 Å². The fourth-order valence-electron chi connectivity index (χ4n) is 1.28. The fourth-order valence-corrected chi connectivity index (χ4v) is 1.50. The van der Waals surface area contributed by atoms with Crippen molar-refractivity contribution in [2.24, 2.45) is 0 Å². The lowest BCUT2D eigenvalue weighted by Crippen LogP contribution is -1.91. The van der Waals surface area contributed by atoms with E-state index in [9.17, 15) is 0 Å². The molecule has 0 unspecified atom stereocenters. The monoisotopic (exact) mass is 204 g/mol. The molecule has 0 N–H and O–H groups in total. The number of hydrogen-bond donors (Lipinski definition) is 0. The zero-order valence-corrected chi connectivity index (χ0v) is 8.28. The molecule has 0 aliphatic heterocycles. The maximum atomic E-state index is 5.81. The highest BCUT2D eigenvalue weighted by atomic mass is 35.5. The van der Waals surface area contributed by atoms with E-state index in [1.165, 1.54) is 0 Å². The molecule has 0 radical (unpaired) electrons. The van der Waals surface area contributed by atoms with Crippen molar-refractivity contribution in [1.82, 2.24) is 9.97 Å². The van der Waals surface area contributed by atoms with Crippen LogP contribution in [0.15, 0.2) is 42.7 Å². The van der Waals surface area contributed by atoms with E-state index in [0.29, 0.717) is 5.88 Å². The smallest absolute Gasteiger partial charge is 0.0930 e. The SMILES string of the molecule is ClCc1cccnc1-c1ccccn1. The molecule has 0 spiro atoms. The Morgan fingerprint density at radius 2 is 1.86 bits per heavy atom. The van der Waals surface area contributed by atoms with Crippen molar-refractivity contribution in [3.05, 3.63) is 48.3 Å². The van der Waals surface area contributed by atoms with Gasteiger partial charge < -0.3 is 0 Å². The fraction of sp³-hybridized carbons (Fsp3) is 0.0909. The Hall–Kier alpha value is -1.41. The van der Waals surface area contributed by atoms with Crippen LogP contribution in [0.2, 0.25) is 0 Å². The summed E-state index contributed by atoms with van der Waals surface area (Å²) in [6.07, 6.45) is 3.50. The maximum Gasteiger partial charge on any atom is 0.0930 e. The van der Waals surface area contributed by atoms with E-state index in [4.69, 9.17) is 11.6 Å². The van der Waals surface area contributed by atoms with Gasteiger partial charge in [0.25, 0.3) is 0 Å². The van der Waals surface area contributed by atoms with E-state index in [1.54, 1.807) is 12.4 Å². The highest BCUT2D eigenvalue weighted by Crippen LogP contribution is 2.19. The molecule has 0 saturated heterocycles. The molecule has 2 aromatic heterocycles. The number of hydrogen-bond acceptors (Lipinski definition) is 2. The van der Waals surface area contributed by atoms with Gasteiger partial charge in [-0.25, -0.2) is 0 Å². The van der Waals surface area contributed by atoms with Crippen LogP contribution in [-0.2, 0) is 5.88 Å². The van der Waals surface area contributed by atoms with Gasteiger partial charge in [0.2, 0.25) is 0 Å². The third kappa shape index (κ3) is 1.75. The first kappa shape index (κ1) is 9.16. The number of rotatable bonds is 2. The van der Waals surface area contributed by atoms with E-state index in [-0.39, 0.29) is 0 Å². The van der Waals surface area contributed by atoms with E-state index < -0.39 is 0 Å². The second-order valence-electron chi connectivity index (χ2n) is 2.86. The second-order valence-corrected chi connectivity index (χ2v) is 3.13. The first-order valence-corrected chi connectivity index (χ1v) is 4.86. The van der Waals surface area contributed by atoms with Crippen LogP contribution in [-0.4, -0.2) is 9.97 Å². The molecule has 0 amide bonds. The van der Waals surface area contributed by atoms with Crippen molar-refractivity contribution in [3.8, 4) is 11.4 Å². The predicted molar refractivity (Wildman–Crippen MR) is 57.0 cm³/mol. The molecule has 70 valence electrons. The Kier molecular flexibility index (Phi) is 2.75. The largest absolute Gasteiger partial charge is 0.255 e. The molecule has 2 rings (SSSR count). The lowest BCUT2D eigenvalue weighted by atomic mass is 10.1. The number of pyridine rings is 2. The van der Waals surface area contributed by atoms with Crippen molar-refractivity contribution >= 4 is 11.6 Å². The summed E-state index contributed by atoms with van der Waals surface area (Å²) in [5.74, 6) is 0.458. The maximum absolute atomic E-state index is 5.81. The lowest BCUT2D eigenvalue weighted by molar-refractivity contribution is 1.20. The number of alkyl halides is 1. The van der Waals surface area contributed by atoms with Gasteiger partial charge in [-0.05, 0) is 23.8 Å². The van der Waals surface area contributed by atoms with E-state index in [0.717, 1.165) is 17.0 Å². The van der Waals surface area contributed by atoms with Crippen LogP contribution >= 0.6 is 11.6 Å². The van der Waals surface area contributed by atoms with Crippen molar-refractivity contribution < 1.29 is 0 Å². The first-order valence-electron chi connectivity index (χ1n) is 4.33. The number of aromatic nitrogens is 2. The molecule has 3 heteroatoms. The van der Waals surface area contributed by atoms with Crippen LogP contribution in [0, 0.1) is 0 Å². The minimum Gasteiger partial charge on any atom is -0.255 e. The lowest BCUT2D eigenvalue weighted by Gasteiger charge is -2.03. The highest BCUT2D eigenvalue weighted by Gasteiger charge is 2.04. The molecule has 0 aliphatic rings. The van der Waals surface area contributed by atoms with Crippen LogP contribution in [0.4, 0.5) is 0 Å². The van der Waals surface area contributed by atoms with Crippen LogP contribution < -0.4 is 0 Å². The van der Waals surface area contributed by atoms with Crippen LogP contribution in [0.1, 0.15) is 5.56 Å². The van der Waals surface area contributed by atoms with Gasteiger partial charge in [-0.3, -0.25) is 9.97 Å². The predicted octanol–water partition coefficient (Wildman–Crippen LogP) is 2.88. The summed E-state index contributed by atoms with van der Waals surface area (Å²) >= 11 is 5.81. The third-order valence-electron chi connectivity index (χ3n) is 1.94. The molecule has 0 saturated carbocycles. The molecule has 2 heterocycles. The van der Waals surface area contributed by atoms with Gasteiger partial charge in [0.1, 0.15) is 0 Å². The Labute approximate surface area is 87.6 Å². The normalized spacial score (nSPS) is 10.1. The van der Waals surface area contributed by atoms with Crippen LogP contribution in [0.5, 0.6) is 0 Å². The van der Waals surface area contributed by atoms with Crippen molar-refractivity contribution in [2.45, 2.75) is 5.88 Å². The molecular weight excluding hydrogens is 196 g/mol. The number of halogens is 1. The number of nitrogens with zero attached hydrogens (tertiary/aromatic N) is 2. The quantitative estimate of drug-likeness (QED) is 0.703. The topological polar surface area (TPSA) is 25.8 Å². The summed E-state index contributed by atoms with van der Waals surface area (Å²) in [5.41, 5.74) is 2.74. The van der Waals surface area contributed by atoms with Gasteiger partial charge in [-0.1, -0.05) is 12.1 Å². The molecule has 0 aromatic carbocycles. The van der Waals surface area contributed by atoms with E-state index in [2.05, 4.69) is 9.97 Å². The summed E-state index contributed by atoms with van der Waals surface area (Å²) in [6.45, 7) is 0. The summed E-state index contributed by atoms with van der Waals surface area (Å²) in [7, 11) is 0. The zero-order valence-electron chi connectivity index (χ0n) is 7.52. The molecule has 2 aromatic rings. The van der Waals surface area contributed by atoms with Gasteiger partial charge in [0.05, 0.1) is 11.4 Å². The standard InChI is InChI=1S/C11H9ClN2/c12-8-9-4-3-7-14-11(9)10-5-1-2-6-13-10/h1-7H,8H2. The first-order chi connectivity index (χ1) is 6.92. The minimum atomic E-state index is 0.458. The third-order valence-corrected chi connectivity index (χ3v) is 2.23. The average Bonchev–Trinajstić information content (AvgIpc) is 2.30. The summed E-state index contributed by atoms with van der Waals surface area (Å²) in [6, 6.07) is 9.59.